The molecule has 0 bridgehead atoms. The molecule has 2 aliphatic carbocycles. The Morgan fingerprint density at radius 3 is 1.90 bits per heavy atom. The predicted octanol–water partition coefficient (Wildman–Crippen LogP) is 1.21. The van der Waals surface area contributed by atoms with Crippen molar-refractivity contribution >= 4 is 0 Å². The topological polar surface area (TPSA) is 44.0 Å². The molecule has 0 aromatic heterocycles. The third kappa shape index (κ3) is 0.518. The lowest BCUT2D eigenvalue weighted by Gasteiger charge is -2.40. The average molecular weight is 137 g/mol. The van der Waals surface area contributed by atoms with Crippen molar-refractivity contribution in [1.29, 1.82) is 5.26 Å². The lowest BCUT2D eigenvalue weighted by molar-refractivity contribution is -0.0766. The minimum atomic E-state index is -0.582. The first kappa shape index (κ1) is 6.18. The molecule has 0 atom stereocenters. The maximum Gasteiger partial charge on any atom is 0.0861 e. The van der Waals surface area contributed by atoms with Gasteiger partial charge in [0, 0.05) is 0 Å². The van der Waals surface area contributed by atoms with E-state index in [9.17, 15) is 5.11 Å². The Morgan fingerprint density at radius 1 is 1.20 bits per heavy atom. The summed E-state index contributed by atoms with van der Waals surface area (Å²) in [7, 11) is 0. The minimum Gasteiger partial charge on any atom is -0.388 e. The number of nitrogens with zero attached hydrogens (tertiary/aromatic N) is 1. The van der Waals surface area contributed by atoms with E-state index in [0.29, 0.717) is 0 Å². The number of hydrogen-bond donors (Lipinski definition) is 1. The maximum absolute atomic E-state index is 9.78. The molecule has 2 fully saturated rings. The van der Waals surface area contributed by atoms with E-state index in [4.69, 9.17) is 5.26 Å². The second kappa shape index (κ2) is 1.54. The van der Waals surface area contributed by atoms with Crippen molar-refractivity contribution in [3.63, 3.8) is 0 Å². The normalized spacial score (nSPS) is 32.0. The van der Waals surface area contributed by atoms with Crippen LogP contribution in [-0.2, 0) is 0 Å². The van der Waals surface area contributed by atoms with Gasteiger partial charge in [-0.05, 0) is 32.1 Å². The van der Waals surface area contributed by atoms with Gasteiger partial charge in [0.15, 0.2) is 0 Å². The Bertz CT molecular complexity index is 196. The first-order valence-corrected chi connectivity index (χ1v) is 3.86. The fraction of sp³-hybridized carbons (Fsp3) is 0.875. The van der Waals surface area contributed by atoms with Gasteiger partial charge in [-0.1, -0.05) is 0 Å². The summed E-state index contributed by atoms with van der Waals surface area (Å²) >= 11 is 0. The SMILES string of the molecule is N#CC1(C2(O)CCC2)CC1. The molecule has 0 unspecified atom stereocenters. The molecular formula is C8H11NO. The second-order valence-electron chi connectivity index (χ2n) is 3.58. The minimum absolute atomic E-state index is 0.314. The summed E-state index contributed by atoms with van der Waals surface area (Å²) in [6.45, 7) is 0. The zero-order valence-electron chi connectivity index (χ0n) is 5.93. The largest absolute Gasteiger partial charge is 0.388 e. The van der Waals surface area contributed by atoms with Crippen LogP contribution in [0.5, 0.6) is 0 Å². The maximum atomic E-state index is 9.78. The molecule has 0 spiro atoms. The van der Waals surface area contributed by atoms with Crippen LogP contribution >= 0.6 is 0 Å². The van der Waals surface area contributed by atoms with E-state index in [-0.39, 0.29) is 5.41 Å². The van der Waals surface area contributed by atoms with E-state index >= 15 is 0 Å². The summed E-state index contributed by atoms with van der Waals surface area (Å²) in [6.07, 6.45) is 4.63. The van der Waals surface area contributed by atoms with E-state index in [1.165, 1.54) is 0 Å². The Balaban J connectivity index is 2.18. The van der Waals surface area contributed by atoms with E-state index in [1.807, 2.05) is 0 Å². The van der Waals surface area contributed by atoms with Gasteiger partial charge >= 0.3 is 0 Å². The fourth-order valence-electron chi connectivity index (χ4n) is 1.80. The van der Waals surface area contributed by atoms with Gasteiger partial charge in [-0.3, -0.25) is 0 Å². The Morgan fingerprint density at radius 2 is 1.80 bits per heavy atom. The number of hydrogen-bond acceptors (Lipinski definition) is 2. The van der Waals surface area contributed by atoms with E-state index in [1.54, 1.807) is 0 Å². The van der Waals surface area contributed by atoms with Crippen molar-refractivity contribution in [3.8, 4) is 6.07 Å². The highest BCUT2D eigenvalue weighted by Gasteiger charge is 2.61. The molecule has 0 aromatic rings. The summed E-state index contributed by atoms with van der Waals surface area (Å²) in [4.78, 5) is 0. The smallest absolute Gasteiger partial charge is 0.0861 e. The van der Waals surface area contributed by atoms with E-state index < -0.39 is 5.60 Å². The first-order valence-electron chi connectivity index (χ1n) is 3.86. The van der Waals surface area contributed by atoms with Gasteiger partial charge in [0.2, 0.25) is 0 Å². The van der Waals surface area contributed by atoms with Gasteiger partial charge in [0.1, 0.15) is 0 Å². The summed E-state index contributed by atoms with van der Waals surface area (Å²) in [6, 6.07) is 2.24. The Kier molecular flexibility index (Phi) is 0.952. The molecule has 2 nitrogen and oxygen atoms in total. The number of aliphatic hydroxyl groups is 1. The number of rotatable bonds is 1. The molecule has 0 aliphatic heterocycles. The van der Waals surface area contributed by atoms with Crippen LogP contribution in [-0.4, -0.2) is 10.7 Å². The van der Waals surface area contributed by atoms with Crippen LogP contribution in [0.2, 0.25) is 0 Å². The molecule has 0 aromatic carbocycles. The van der Waals surface area contributed by atoms with Crippen LogP contribution in [0, 0.1) is 16.7 Å². The summed E-state index contributed by atoms with van der Waals surface area (Å²) in [5.41, 5.74) is -0.896. The van der Waals surface area contributed by atoms with Gasteiger partial charge in [-0.2, -0.15) is 5.26 Å². The van der Waals surface area contributed by atoms with Gasteiger partial charge in [0.05, 0.1) is 17.1 Å². The zero-order chi connectivity index (χ0) is 7.24. The second-order valence-corrected chi connectivity index (χ2v) is 3.58. The first-order chi connectivity index (χ1) is 4.72. The highest BCUT2D eigenvalue weighted by atomic mass is 16.3. The molecule has 0 saturated heterocycles. The van der Waals surface area contributed by atoms with Crippen molar-refractivity contribution in [2.75, 3.05) is 0 Å². The van der Waals surface area contributed by atoms with Crippen LogP contribution in [0.1, 0.15) is 32.1 Å². The van der Waals surface area contributed by atoms with Gasteiger partial charge < -0.3 is 5.11 Å². The van der Waals surface area contributed by atoms with Crippen LogP contribution in [0.15, 0.2) is 0 Å². The average Bonchev–Trinajstić information content (AvgIpc) is 2.63. The highest BCUT2D eigenvalue weighted by Crippen LogP contribution is 2.60. The van der Waals surface area contributed by atoms with E-state index in [0.717, 1.165) is 32.1 Å². The molecular weight excluding hydrogens is 126 g/mol. The Labute approximate surface area is 60.5 Å². The summed E-state index contributed by atoms with van der Waals surface area (Å²) in [5.74, 6) is 0. The lowest BCUT2D eigenvalue weighted by Crippen LogP contribution is -2.45. The van der Waals surface area contributed by atoms with Crippen molar-refractivity contribution in [2.45, 2.75) is 37.7 Å². The van der Waals surface area contributed by atoms with Crippen molar-refractivity contribution in [1.82, 2.24) is 0 Å². The molecule has 54 valence electrons. The monoisotopic (exact) mass is 137 g/mol. The van der Waals surface area contributed by atoms with Crippen LogP contribution in [0.3, 0.4) is 0 Å². The summed E-state index contributed by atoms with van der Waals surface area (Å²) < 4.78 is 0. The third-order valence-corrected chi connectivity index (χ3v) is 3.04. The van der Waals surface area contributed by atoms with Crippen LogP contribution < -0.4 is 0 Å². The third-order valence-electron chi connectivity index (χ3n) is 3.04. The molecule has 0 radical (unpaired) electrons. The molecule has 2 saturated carbocycles. The molecule has 2 aliphatic rings. The molecule has 0 amide bonds. The lowest BCUT2D eigenvalue weighted by atomic mass is 9.69. The molecule has 2 heteroatoms. The predicted molar refractivity (Wildman–Crippen MR) is 36.1 cm³/mol. The highest BCUT2D eigenvalue weighted by molar-refractivity contribution is 5.22. The fourth-order valence-corrected chi connectivity index (χ4v) is 1.80. The molecule has 2 rings (SSSR count). The quantitative estimate of drug-likeness (QED) is 0.590. The van der Waals surface area contributed by atoms with Gasteiger partial charge in [0.25, 0.3) is 0 Å². The Hall–Kier alpha value is -0.550. The zero-order valence-corrected chi connectivity index (χ0v) is 5.93. The van der Waals surface area contributed by atoms with Crippen molar-refractivity contribution in [3.05, 3.63) is 0 Å². The van der Waals surface area contributed by atoms with Crippen molar-refractivity contribution < 1.29 is 5.11 Å². The van der Waals surface area contributed by atoms with Crippen LogP contribution in [0.4, 0.5) is 0 Å². The van der Waals surface area contributed by atoms with Gasteiger partial charge in [-0.25, -0.2) is 0 Å². The summed E-state index contributed by atoms with van der Waals surface area (Å²) in [5, 5.41) is 18.5. The molecule has 0 heterocycles. The standard InChI is InChI=1S/C8H11NO/c9-6-7(4-5-7)8(10)2-1-3-8/h10H,1-5H2. The molecule has 1 N–H and O–H groups in total. The van der Waals surface area contributed by atoms with Crippen molar-refractivity contribution in [2.24, 2.45) is 5.41 Å². The van der Waals surface area contributed by atoms with Crippen LogP contribution in [0.25, 0.3) is 0 Å². The van der Waals surface area contributed by atoms with Gasteiger partial charge in [-0.15, -0.1) is 0 Å². The number of nitriles is 1. The molecule has 10 heavy (non-hydrogen) atoms. The van der Waals surface area contributed by atoms with E-state index in [2.05, 4.69) is 6.07 Å².